The zero-order valence-corrected chi connectivity index (χ0v) is 15.4. The SMILES string of the molecule is Cc1ccc(S(=O)(=O)Nc2ccc(Oc3cccc(C(F)(F)F)n3)cc2)cc1. The van der Waals surface area contributed by atoms with Crippen LogP contribution >= 0.6 is 0 Å². The molecule has 0 saturated carbocycles. The van der Waals surface area contributed by atoms with Crippen LogP contribution < -0.4 is 9.46 Å². The minimum atomic E-state index is -4.57. The van der Waals surface area contributed by atoms with Gasteiger partial charge in [0, 0.05) is 11.8 Å². The molecule has 0 radical (unpaired) electrons. The minimum absolute atomic E-state index is 0.117. The first-order valence-electron chi connectivity index (χ1n) is 8.05. The highest BCUT2D eigenvalue weighted by Gasteiger charge is 2.32. The summed E-state index contributed by atoms with van der Waals surface area (Å²) in [6.45, 7) is 1.85. The first kappa shape index (κ1) is 19.7. The van der Waals surface area contributed by atoms with Crippen molar-refractivity contribution in [2.75, 3.05) is 4.72 Å². The van der Waals surface area contributed by atoms with Gasteiger partial charge < -0.3 is 4.74 Å². The molecule has 0 aliphatic carbocycles. The lowest BCUT2D eigenvalue weighted by Gasteiger charge is -2.10. The summed E-state index contributed by atoms with van der Waals surface area (Å²) in [4.78, 5) is 3.53. The second-order valence-corrected chi connectivity index (χ2v) is 7.59. The van der Waals surface area contributed by atoms with E-state index in [1.54, 1.807) is 12.1 Å². The third-order valence-electron chi connectivity index (χ3n) is 3.67. The van der Waals surface area contributed by atoms with E-state index in [4.69, 9.17) is 4.74 Å². The number of ether oxygens (including phenoxy) is 1. The fourth-order valence-corrected chi connectivity index (χ4v) is 3.33. The molecule has 0 bridgehead atoms. The van der Waals surface area contributed by atoms with E-state index in [1.807, 2.05) is 6.92 Å². The molecule has 0 aliphatic rings. The number of alkyl halides is 3. The second-order valence-electron chi connectivity index (χ2n) is 5.90. The third kappa shape index (κ3) is 4.80. The molecular weight excluding hydrogens is 393 g/mol. The van der Waals surface area contributed by atoms with Crippen molar-refractivity contribution in [2.24, 2.45) is 0 Å². The van der Waals surface area contributed by atoms with Gasteiger partial charge in [0.25, 0.3) is 10.0 Å². The van der Waals surface area contributed by atoms with Gasteiger partial charge in [-0.15, -0.1) is 0 Å². The molecule has 0 amide bonds. The monoisotopic (exact) mass is 408 g/mol. The van der Waals surface area contributed by atoms with E-state index < -0.39 is 21.9 Å². The predicted molar refractivity (Wildman–Crippen MR) is 97.7 cm³/mol. The van der Waals surface area contributed by atoms with Crippen LogP contribution in [-0.2, 0) is 16.2 Å². The molecule has 1 aromatic heterocycles. The molecule has 0 aliphatic heterocycles. The number of hydrogen-bond acceptors (Lipinski definition) is 4. The topological polar surface area (TPSA) is 68.3 Å². The summed E-state index contributed by atoms with van der Waals surface area (Å²) in [5.74, 6) is -0.00656. The first-order valence-corrected chi connectivity index (χ1v) is 9.53. The maximum absolute atomic E-state index is 12.7. The van der Waals surface area contributed by atoms with Crippen LogP contribution in [-0.4, -0.2) is 13.4 Å². The summed E-state index contributed by atoms with van der Waals surface area (Å²) in [5.41, 5.74) is 0.154. The third-order valence-corrected chi connectivity index (χ3v) is 5.07. The standard InChI is InChI=1S/C19H15F3N2O3S/c1-13-5-11-16(12-6-13)28(25,26)24-14-7-9-15(10-8-14)27-18-4-2-3-17(23-18)19(20,21)22/h2-12,24H,1H3. The minimum Gasteiger partial charge on any atom is -0.439 e. The second kappa shape index (κ2) is 7.51. The van der Waals surface area contributed by atoms with Crippen LogP contribution in [0.3, 0.4) is 0 Å². The Balaban J connectivity index is 1.73. The van der Waals surface area contributed by atoms with Gasteiger partial charge in [-0.1, -0.05) is 23.8 Å². The highest BCUT2D eigenvalue weighted by atomic mass is 32.2. The lowest BCUT2D eigenvalue weighted by molar-refractivity contribution is -0.141. The molecule has 0 unspecified atom stereocenters. The lowest BCUT2D eigenvalue weighted by Crippen LogP contribution is -2.12. The Morgan fingerprint density at radius 3 is 2.18 bits per heavy atom. The summed E-state index contributed by atoms with van der Waals surface area (Å²) >= 11 is 0. The largest absolute Gasteiger partial charge is 0.439 e. The smallest absolute Gasteiger partial charge is 0.433 e. The van der Waals surface area contributed by atoms with Crippen LogP contribution in [0.1, 0.15) is 11.3 Å². The fourth-order valence-electron chi connectivity index (χ4n) is 2.27. The quantitative estimate of drug-likeness (QED) is 0.645. The normalized spacial score (nSPS) is 11.9. The van der Waals surface area contributed by atoms with Gasteiger partial charge in [0.2, 0.25) is 5.88 Å². The Hall–Kier alpha value is -3.07. The van der Waals surface area contributed by atoms with Gasteiger partial charge in [-0.2, -0.15) is 13.2 Å². The molecule has 1 N–H and O–H groups in total. The number of hydrogen-bond donors (Lipinski definition) is 1. The van der Waals surface area contributed by atoms with Gasteiger partial charge in [-0.3, -0.25) is 4.72 Å². The summed E-state index contributed by atoms with van der Waals surface area (Å²) in [6.07, 6.45) is -4.57. The molecule has 5 nitrogen and oxygen atoms in total. The number of nitrogens with one attached hydrogen (secondary N) is 1. The van der Waals surface area contributed by atoms with E-state index in [0.29, 0.717) is 0 Å². The number of halogens is 3. The summed E-state index contributed by atoms with van der Waals surface area (Å²) < 4.78 is 70.5. The number of nitrogens with zero attached hydrogens (tertiary/aromatic N) is 1. The van der Waals surface area contributed by atoms with Crippen molar-refractivity contribution in [3.05, 3.63) is 78.0 Å². The van der Waals surface area contributed by atoms with E-state index in [2.05, 4.69) is 9.71 Å². The highest BCUT2D eigenvalue weighted by Crippen LogP contribution is 2.30. The molecular formula is C19H15F3N2O3S. The van der Waals surface area contributed by atoms with Crippen LogP contribution in [0.25, 0.3) is 0 Å². The molecule has 146 valence electrons. The van der Waals surface area contributed by atoms with Crippen molar-refractivity contribution in [3.8, 4) is 11.6 Å². The summed E-state index contributed by atoms with van der Waals surface area (Å²) in [5, 5.41) is 0. The molecule has 3 aromatic rings. The number of sulfonamides is 1. The van der Waals surface area contributed by atoms with Crippen LogP contribution in [0.5, 0.6) is 11.6 Å². The molecule has 9 heteroatoms. The number of aryl methyl sites for hydroxylation is 1. The maximum Gasteiger partial charge on any atom is 0.433 e. The van der Waals surface area contributed by atoms with Gasteiger partial charge in [-0.25, -0.2) is 13.4 Å². The number of aromatic nitrogens is 1. The molecule has 0 fully saturated rings. The van der Waals surface area contributed by atoms with Crippen molar-refractivity contribution < 1.29 is 26.3 Å². The van der Waals surface area contributed by atoms with Gasteiger partial charge >= 0.3 is 6.18 Å². The van der Waals surface area contributed by atoms with Crippen LogP contribution in [0.4, 0.5) is 18.9 Å². The Morgan fingerprint density at radius 1 is 0.929 bits per heavy atom. The number of benzene rings is 2. The lowest BCUT2D eigenvalue weighted by atomic mass is 10.2. The Bertz CT molecular complexity index is 1060. The van der Waals surface area contributed by atoms with Gasteiger partial charge in [0.1, 0.15) is 11.4 Å². The average molecular weight is 408 g/mol. The molecule has 1 heterocycles. The van der Waals surface area contributed by atoms with Crippen molar-refractivity contribution >= 4 is 15.7 Å². The van der Waals surface area contributed by atoms with Crippen molar-refractivity contribution in [2.45, 2.75) is 18.0 Å². The van der Waals surface area contributed by atoms with Crippen molar-refractivity contribution in [1.29, 1.82) is 0 Å². The summed E-state index contributed by atoms with van der Waals surface area (Å²) in [6, 6.07) is 15.4. The average Bonchev–Trinajstić information content (AvgIpc) is 2.63. The van der Waals surface area contributed by atoms with Crippen molar-refractivity contribution in [1.82, 2.24) is 4.98 Å². The first-order chi connectivity index (χ1) is 13.1. The molecule has 28 heavy (non-hydrogen) atoms. The van der Waals surface area contributed by atoms with E-state index in [9.17, 15) is 21.6 Å². The number of pyridine rings is 1. The Labute approximate surface area is 159 Å². The van der Waals surface area contributed by atoms with Gasteiger partial charge in [0.05, 0.1) is 4.90 Å². The summed E-state index contributed by atoms with van der Waals surface area (Å²) in [7, 11) is -3.75. The van der Waals surface area contributed by atoms with Crippen molar-refractivity contribution in [3.63, 3.8) is 0 Å². The van der Waals surface area contributed by atoms with E-state index in [-0.39, 0.29) is 22.2 Å². The molecule has 0 atom stereocenters. The number of rotatable bonds is 5. The Kier molecular flexibility index (Phi) is 5.28. The highest BCUT2D eigenvalue weighted by molar-refractivity contribution is 7.92. The molecule has 3 rings (SSSR count). The maximum atomic E-state index is 12.7. The van der Waals surface area contributed by atoms with Gasteiger partial charge in [-0.05, 0) is 49.4 Å². The molecule has 0 saturated heterocycles. The predicted octanol–water partition coefficient (Wildman–Crippen LogP) is 5.00. The molecule has 0 spiro atoms. The zero-order chi connectivity index (χ0) is 20.4. The molecule has 2 aromatic carbocycles. The van der Waals surface area contributed by atoms with E-state index in [1.165, 1.54) is 48.5 Å². The Morgan fingerprint density at radius 2 is 1.57 bits per heavy atom. The van der Waals surface area contributed by atoms with E-state index in [0.717, 1.165) is 11.6 Å². The van der Waals surface area contributed by atoms with Crippen LogP contribution in [0.15, 0.2) is 71.6 Å². The van der Waals surface area contributed by atoms with Crippen LogP contribution in [0.2, 0.25) is 0 Å². The van der Waals surface area contributed by atoms with Gasteiger partial charge in [0.15, 0.2) is 0 Å². The number of anilines is 1. The van der Waals surface area contributed by atoms with Crippen LogP contribution in [0, 0.1) is 6.92 Å². The van der Waals surface area contributed by atoms with E-state index >= 15 is 0 Å². The zero-order valence-electron chi connectivity index (χ0n) is 14.6. The fraction of sp³-hybridized carbons (Fsp3) is 0.105.